The second-order valence-corrected chi connectivity index (χ2v) is 9.03. The molecule has 9 heteroatoms. The van der Waals surface area contributed by atoms with Crippen LogP contribution in [0.2, 0.25) is 0 Å². The minimum absolute atomic E-state index is 0.0203. The van der Waals surface area contributed by atoms with Gasteiger partial charge < -0.3 is 10.6 Å². The van der Waals surface area contributed by atoms with Crippen molar-refractivity contribution in [2.45, 2.75) is 30.7 Å². The van der Waals surface area contributed by atoms with Crippen LogP contribution in [0, 0.1) is 5.82 Å². The van der Waals surface area contributed by atoms with E-state index >= 15 is 0 Å². The molecule has 0 unspecified atom stereocenters. The highest BCUT2D eigenvalue weighted by Gasteiger charge is 2.29. The number of sulfonamides is 1. The molecule has 1 fully saturated rings. The van der Waals surface area contributed by atoms with Gasteiger partial charge in [0.1, 0.15) is 10.7 Å². The number of halogens is 1. The Morgan fingerprint density at radius 3 is 2.59 bits per heavy atom. The van der Waals surface area contributed by atoms with E-state index in [1.165, 1.54) is 10.4 Å². The molecule has 0 spiro atoms. The number of carbonyl (C=O) groups excluding carboxylic acids is 2. The molecule has 0 radical (unpaired) electrons. The summed E-state index contributed by atoms with van der Waals surface area (Å²) in [5, 5.41) is 5.33. The molecule has 2 aromatic rings. The number of piperidine rings is 1. The third kappa shape index (κ3) is 3.75. The smallest absolute Gasteiger partial charge is 0.255 e. The van der Waals surface area contributed by atoms with E-state index in [-0.39, 0.29) is 11.5 Å². The number of benzene rings is 2. The summed E-state index contributed by atoms with van der Waals surface area (Å²) in [6, 6.07) is 8.24. The average molecular weight is 417 g/mol. The average Bonchev–Trinajstić information content (AvgIpc) is 3.09. The van der Waals surface area contributed by atoms with Gasteiger partial charge in [0.15, 0.2) is 0 Å². The van der Waals surface area contributed by atoms with Gasteiger partial charge in [0.2, 0.25) is 10.0 Å². The van der Waals surface area contributed by atoms with Crippen molar-refractivity contribution < 1.29 is 22.4 Å². The number of amides is 2. The van der Waals surface area contributed by atoms with Gasteiger partial charge in [0.05, 0.1) is 0 Å². The van der Waals surface area contributed by atoms with Gasteiger partial charge in [-0.1, -0.05) is 12.5 Å². The standard InChI is InChI=1S/C20H20FN3O4S/c21-17-7-5-13(10-18(17)29(27,28)24-8-2-1-3-9-24)19(25)23-15-6-4-14-12-22-20(26)16(14)11-15/h4-7,10-11H,1-3,8-9,12H2,(H,22,26)(H,23,25). The van der Waals surface area contributed by atoms with Crippen molar-refractivity contribution in [2.24, 2.45) is 0 Å². The number of fused-ring (bicyclic) bond motifs is 1. The Morgan fingerprint density at radius 1 is 1.07 bits per heavy atom. The Labute approximate surface area is 168 Å². The highest BCUT2D eigenvalue weighted by molar-refractivity contribution is 7.89. The molecule has 2 amide bonds. The molecule has 2 N–H and O–H groups in total. The van der Waals surface area contributed by atoms with Crippen molar-refractivity contribution in [3.63, 3.8) is 0 Å². The van der Waals surface area contributed by atoms with Crippen molar-refractivity contribution in [1.82, 2.24) is 9.62 Å². The van der Waals surface area contributed by atoms with Gasteiger partial charge in [0, 0.05) is 36.4 Å². The summed E-state index contributed by atoms with van der Waals surface area (Å²) in [6.07, 6.45) is 2.40. The Balaban J connectivity index is 1.59. The Morgan fingerprint density at radius 2 is 1.83 bits per heavy atom. The molecular formula is C20H20FN3O4S. The van der Waals surface area contributed by atoms with E-state index in [1.54, 1.807) is 18.2 Å². The van der Waals surface area contributed by atoms with E-state index in [0.29, 0.717) is 30.9 Å². The number of hydrogen-bond acceptors (Lipinski definition) is 4. The van der Waals surface area contributed by atoms with E-state index in [4.69, 9.17) is 0 Å². The molecule has 2 heterocycles. The molecular weight excluding hydrogens is 397 g/mol. The van der Waals surface area contributed by atoms with Gasteiger partial charge in [-0.3, -0.25) is 9.59 Å². The number of nitrogens with zero attached hydrogens (tertiary/aromatic N) is 1. The molecule has 152 valence electrons. The predicted molar refractivity (Wildman–Crippen MR) is 105 cm³/mol. The highest BCUT2D eigenvalue weighted by Crippen LogP contribution is 2.25. The number of carbonyl (C=O) groups is 2. The first-order valence-electron chi connectivity index (χ1n) is 9.38. The maximum Gasteiger partial charge on any atom is 0.255 e. The van der Waals surface area contributed by atoms with Crippen molar-refractivity contribution in [3.8, 4) is 0 Å². The number of anilines is 1. The Kier molecular flexibility index (Phi) is 5.10. The quantitative estimate of drug-likeness (QED) is 0.799. The zero-order valence-electron chi connectivity index (χ0n) is 15.6. The third-order valence-corrected chi connectivity index (χ3v) is 7.09. The van der Waals surface area contributed by atoms with Crippen LogP contribution in [0.4, 0.5) is 10.1 Å². The van der Waals surface area contributed by atoms with Crippen LogP contribution in [-0.4, -0.2) is 37.6 Å². The molecule has 0 atom stereocenters. The van der Waals surface area contributed by atoms with Gasteiger partial charge in [-0.25, -0.2) is 12.8 Å². The first-order chi connectivity index (χ1) is 13.9. The fraction of sp³-hybridized carbons (Fsp3) is 0.300. The van der Waals surface area contributed by atoms with Gasteiger partial charge in [0.25, 0.3) is 11.8 Å². The van der Waals surface area contributed by atoms with E-state index in [1.807, 2.05) is 0 Å². The van der Waals surface area contributed by atoms with Crippen LogP contribution in [0.3, 0.4) is 0 Å². The van der Waals surface area contributed by atoms with Crippen LogP contribution in [0.15, 0.2) is 41.3 Å². The molecule has 0 aromatic heterocycles. The van der Waals surface area contributed by atoms with Crippen molar-refractivity contribution in [3.05, 3.63) is 58.9 Å². The molecule has 2 aliphatic rings. The van der Waals surface area contributed by atoms with Crippen molar-refractivity contribution in [1.29, 1.82) is 0 Å². The highest BCUT2D eigenvalue weighted by atomic mass is 32.2. The Bertz CT molecular complexity index is 1090. The summed E-state index contributed by atoms with van der Waals surface area (Å²) in [4.78, 5) is 23.9. The molecule has 2 aromatic carbocycles. The summed E-state index contributed by atoms with van der Waals surface area (Å²) < 4.78 is 41.2. The summed E-state index contributed by atoms with van der Waals surface area (Å²) in [5.74, 6) is -1.69. The van der Waals surface area contributed by atoms with Gasteiger partial charge in [-0.15, -0.1) is 0 Å². The number of rotatable bonds is 4. The van der Waals surface area contributed by atoms with E-state index < -0.39 is 26.6 Å². The predicted octanol–water partition coefficient (Wildman–Crippen LogP) is 2.50. The minimum atomic E-state index is -4.01. The maximum absolute atomic E-state index is 14.3. The second kappa shape index (κ2) is 7.57. The minimum Gasteiger partial charge on any atom is -0.348 e. The maximum atomic E-state index is 14.3. The zero-order valence-corrected chi connectivity index (χ0v) is 16.4. The fourth-order valence-electron chi connectivity index (χ4n) is 3.58. The summed E-state index contributed by atoms with van der Waals surface area (Å²) >= 11 is 0. The molecule has 2 aliphatic heterocycles. The van der Waals surface area contributed by atoms with Crippen LogP contribution in [0.1, 0.15) is 45.5 Å². The van der Waals surface area contributed by atoms with Crippen LogP contribution in [-0.2, 0) is 16.6 Å². The Hall–Kier alpha value is -2.78. The van der Waals surface area contributed by atoms with Crippen LogP contribution >= 0.6 is 0 Å². The lowest BCUT2D eigenvalue weighted by Gasteiger charge is -2.26. The first-order valence-corrected chi connectivity index (χ1v) is 10.8. The monoisotopic (exact) mass is 417 g/mol. The molecule has 0 aliphatic carbocycles. The normalized spacial score (nSPS) is 16.9. The topological polar surface area (TPSA) is 95.6 Å². The van der Waals surface area contributed by atoms with Crippen LogP contribution in [0.25, 0.3) is 0 Å². The lowest BCUT2D eigenvalue weighted by atomic mass is 10.1. The van der Waals surface area contributed by atoms with Gasteiger partial charge in [-0.2, -0.15) is 4.31 Å². The fourth-order valence-corrected chi connectivity index (χ4v) is 5.19. The summed E-state index contributed by atoms with van der Waals surface area (Å²) in [5.41, 5.74) is 1.74. The van der Waals surface area contributed by atoms with Gasteiger partial charge in [-0.05, 0) is 48.7 Å². The summed E-state index contributed by atoms with van der Waals surface area (Å²) in [7, 11) is -4.01. The zero-order chi connectivity index (χ0) is 20.6. The molecule has 1 saturated heterocycles. The lowest BCUT2D eigenvalue weighted by Crippen LogP contribution is -2.36. The van der Waals surface area contributed by atoms with Crippen LogP contribution in [0.5, 0.6) is 0 Å². The van der Waals surface area contributed by atoms with Crippen molar-refractivity contribution >= 4 is 27.5 Å². The SMILES string of the molecule is O=C(Nc1ccc2c(c1)C(=O)NC2)c1ccc(F)c(S(=O)(=O)N2CCCCC2)c1. The number of nitrogens with one attached hydrogen (secondary N) is 2. The third-order valence-electron chi connectivity index (χ3n) is 5.18. The van der Waals surface area contributed by atoms with E-state index in [0.717, 1.165) is 37.0 Å². The van der Waals surface area contributed by atoms with Crippen molar-refractivity contribution in [2.75, 3.05) is 18.4 Å². The van der Waals surface area contributed by atoms with E-state index in [9.17, 15) is 22.4 Å². The lowest BCUT2D eigenvalue weighted by molar-refractivity contribution is 0.0964. The van der Waals surface area contributed by atoms with Gasteiger partial charge >= 0.3 is 0 Å². The molecule has 29 heavy (non-hydrogen) atoms. The molecule has 0 saturated carbocycles. The summed E-state index contributed by atoms with van der Waals surface area (Å²) in [6.45, 7) is 1.13. The largest absolute Gasteiger partial charge is 0.348 e. The first kappa shape index (κ1) is 19.5. The van der Waals surface area contributed by atoms with Crippen LogP contribution < -0.4 is 10.6 Å². The second-order valence-electron chi connectivity index (χ2n) is 7.12. The molecule has 7 nitrogen and oxygen atoms in total. The number of hydrogen-bond donors (Lipinski definition) is 2. The van der Waals surface area contributed by atoms with E-state index in [2.05, 4.69) is 10.6 Å². The molecule has 4 rings (SSSR count). The molecule has 0 bridgehead atoms.